The number of anilines is 1. The summed E-state index contributed by atoms with van der Waals surface area (Å²) in [4.78, 5) is 13.6. The maximum absolute atomic E-state index is 12.0. The van der Waals surface area contributed by atoms with E-state index in [2.05, 4.69) is 4.72 Å². The Kier molecular flexibility index (Phi) is 4.45. The van der Waals surface area contributed by atoms with Gasteiger partial charge in [-0.3, -0.25) is 4.79 Å². The first-order valence-corrected chi connectivity index (χ1v) is 8.43. The highest BCUT2D eigenvalue weighted by Crippen LogP contribution is 2.22. The number of aryl methyl sites for hydroxylation is 1. The second-order valence-electron chi connectivity index (χ2n) is 5.18. The number of nitrogens with one attached hydrogen (secondary N) is 1. The smallest absolute Gasteiger partial charge is 0.228 e. The molecule has 1 fully saturated rings. The van der Waals surface area contributed by atoms with Gasteiger partial charge in [0.05, 0.1) is 5.75 Å². The van der Waals surface area contributed by atoms with Gasteiger partial charge >= 0.3 is 0 Å². The Balaban J connectivity index is 2.06. The first-order chi connectivity index (χ1) is 9.41. The van der Waals surface area contributed by atoms with Crippen LogP contribution in [0.15, 0.2) is 24.3 Å². The molecule has 1 aromatic rings. The van der Waals surface area contributed by atoms with E-state index in [1.807, 2.05) is 38.1 Å². The van der Waals surface area contributed by atoms with Crippen molar-refractivity contribution in [3.63, 3.8) is 0 Å². The molecule has 0 radical (unpaired) electrons. The van der Waals surface area contributed by atoms with Gasteiger partial charge in [-0.15, -0.1) is 0 Å². The van der Waals surface area contributed by atoms with Gasteiger partial charge in [0.15, 0.2) is 0 Å². The summed E-state index contributed by atoms with van der Waals surface area (Å²) in [5.74, 6) is 0.0560. The van der Waals surface area contributed by atoms with E-state index in [-0.39, 0.29) is 24.1 Å². The fourth-order valence-electron chi connectivity index (χ4n) is 2.34. The average molecular weight is 296 g/mol. The summed E-state index contributed by atoms with van der Waals surface area (Å²) in [5, 5.41) is 0. The molecule has 5 nitrogen and oxygen atoms in total. The molecule has 0 unspecified atom stereocenters. The summed E-state index contributed by atoms with van der Waals surface area (Å²) in [5.41, 5.74) is 1.94. The molecule has 1 atom stereocenters. The molecule has 1 aliphatic heterocycles. The zero-order chi connectivity index (χ0) is 14.8. The standard InChI is InChI=1S/C14H20N2O3S/c1-3-8-20(18,19)15-12-9-14(17)16(10-12)13-6-4-11(2)5-7-13/h4-7,12,15H,3,8-10H2,1-2H3/t12-/m1/s1. The highest BCUT2D eigenvalue weighted by molar-refractivity contribution is 7.89. The van der Waals surface area contributed by atoms with Crippen LogP contribution in [0.1, 0.15) is 25.3 Å². The van der Waals surface area contributed by atoms with Crippen molar-refractivity contribution in [1.29, 1.82) is 0 Å². The number of benzene rings is 1. The molecule has 1 N–H and O–H groups in total. The van der Waals surface area contributed by atoms with Gasteiger partial charge in [0.2, 0.25) is 15.9 Å². The zero-order valence-electron chi connectivity index (χ0n) is 11.8. The van der Waals surface area contributed by atoms with Gasteiger partial charge < -0.3 is 4.90 Å². The minimum Gasteiger partial charge on any atom is -0.311 e. The van der Waals surface area contributed by atoms with E-state index in [1.165, 1.54) is 0 Å². The van der Waals surface area contributed by atoms with Crippen LogP contribution in [0.5, 0.6) is 0 Å². The lowest BCUT2D eigenvalue weighted by molar-refractivity contribution is -0.117. The summed E-state index contributed by atoms with van der Waals surface area (Å²) in [6.07, 6.45) is 0.786. The van der Waals surface area contributed by atoms with Crippen molar-refractivity contribution in [1.82, 2.24) is 4.72 Å². The van der Waals surface area contributed by atoms with E-state index in [4.69, 9.17) is 0 Å². The summed E-state index contributed by atoms with van der Waals surface area (Å²) in [6.45, 7) is 4.19. The molecule has 1 amide bonds. The minimum atomic E-state index is -3.28. The van der Waals surface area contributed by atoms with E-state index < -0.39 is 10.0 Å². The Labute approximate surface area is 120 Å². The average Bonchev–Trinajstić information content (AvgIpc) is 2.70. The van der Waals surface area contributed by atoms with Gasteiger partial charge in [-0.2, -0.15) is 0 Å². The number of carbonyl (C=O) groups is 1. The molecule has 1 heterocycles. The zero-order valence-corrected chi connectivity index (χ0v) is 12.6. The minimum absolute atomic E-state index is 0.0435. The summed E-state index contributed by atoms with van der Waals surface area (Å²) >= 11 is 0. The number of rotatable bonds is 5. The molecule has 0 spiro atoms. The van der Waals surface area contributed by atoms with Crippen molar-refractivity contribution in [3.05, 3.63) is 29.8 Å². The third kappa shape index (κ3) is 3.58. The molecule has 0 aromatic heterocycles. The third-order valence-electron chi connectivity index (χ3n) is 3.29. The topological polar surface area (TPSA) is 66.5 Å². The number of carbonyl (C=O) groups excluding carboxylic acids is 1. The Bertz CT molecular complexity index is 581. The number of hydrogen-bond acceptors (Lipinski definition) is 3. The molecule has 0 bridgehead atoms. The number of sulfonamides is 1. The van der Waals surface area contributed by atoms with Crippen molar-refractivity contribution in [2.75, 3.05) is 17.2 Å². The maximum Gasteiger partial charge on any atom is 0.228 e. The molecule has 0 aliphatic carbocycles. The highest BCUT2D eigenvalue weighted by atomic mass is 32.2. The monoisotopic (exact) mass is 296 g/mol. The Hall–Kier alpha value is -1.40. The summed E-state index contributed by atoms with van der Waals surface area (Å²) in [7, 11) is -3.28. The van der Waals surface area contributed by atoms with Crippen LogP contribution in [0.25, 0.3) is 0 Å². The SMILES string of the molecule is CCCS(=O)(=O)N[C@@H]1CC(=O)N(c2ccc(C)cc2)C1. The van der Waals surface area contributed by atoms with Gasteiger partial charge in [0, 0.05) is 24.7 Å². The fourth-order valence-corrected chi connectivity index (χ4v) is 3.66. The van der Waals surface area contributed by atoms with Crippen LogP contribution in [0.3, 0.4) is 0 Å². The number of nitrogens with zero attached hydrogens (tertiary/aromatic N) is 1. The lowest BCUT2D eigenvalue weighted by Crippen LogP contribution is -2.38. The maximum atomic E-state index is 12.0. The normalized spacial score (nSPS) is 19.6. The summed E-state index contributed by atoms with van der Waals surface area (Å²) in [6, 6.07) is 7.32. The Morgan fingerprint density at radius 1 is 1.30 bits per heavy atom. The number of hydrogen-bond donors (Lipinski definition) is 1. The molecule has 1 aliphatic rings. The molecule has 2 rings (SSSR count). The van der Waals surface area contributed by atoms with Crippen LogP contribution in [-0.4, -0.2) is 32.7 Å². The van der Waals surface area contributed by atoms with E-state index >= 15 is 0 Å². The first kappa shape index (κ1) is 15.0. The van der Waals surface area contributed by atoms with E-state index in [9.17, 15) is 13.2 Å². The van der Waals surface area contributed by atoms with Crippen LogP contribution in [0.2, 0.25) is 0 Å². The van der Waals surface area contributed by atoms with E-state index in [0.29, 0.717) is 13.0 Å². The predicted octanol–water partition coefficient (Wildman–Crippen LogP) is 1.43. The molecule has 1 saturated heterocycles. The Morgan fingerprint density at radius 2 is 1.95 bits per heavy atom. The predicted molar refractivity (Wildman–Crippen MR) is 79.2 cm³/mol. The van der Waals surface area contributed by atoms with Gasteiger partial charge in [-0.1, -0.05) is 24.6 Å². The van der Waals surface area contributed by atoms with Crippen LogP contribution in [0, 0.1) is 6.92 Å². The third-order valence-corrected chi connectivity index (χ3v) is 4.93. The molecule has 110 valence electrons. The molecular weight excluding hydrogens is 276 g/mol. The van der Waals surface area contributed by atoms with Gasteiger partial charge in [0.1, 0.15) is 0 Å². The molecule has 0 saturated carbocycles. The second kappa shape index (κ2) is 5.93. The second-order valence-corrected chi connectivity index (χ2v) is 7.05. The van der Waals surface area contributed by atoms with Crippen molar-refractivity contribution in [2.45, 2.75) is 32.7 Å². The van der Waals surface area contributed by atoms with Gasteiger partial charge in [0.25, 0.3) is 0 Å². The van der Waals surface area contributed by atoms with E-state index in [1.54, 1.807) is 4.90 Å². The van der Waals surface area contributed by atoms with Crippen molar-refractivity contribution >= 4 is 21.6 Å². The summed E-state index contributed by atoms with van der Waals surface area (Å²) < 4.78 is 26.1. The van der Waals surface area contributed by atoms with Crippen molar-refractivity contribution in [3.8, 4) is 0 Å². The first-order valence-electron chi connectivity index (χ1n) is 6.78. The molecule has 1 aromatic carbocycles. The highest BCUT2D eigenvalue weighted by Gasteiger charge is 2.32. The fraction of sp³-hybridized carbons (Fsp3) is 0.500. The van der Waals surface area contributed by atoms with Crippen LogP contribution >= 0.6 is 0 Å². The molecule has 20 heavy (non-hydrogen) atoms. The van der Waals surface area contributed by atoms with Gasteiger partial charge in [-0.05, 0) is 25.5 Å². The lowest BCUT2D eigenvalue weighted by atomic mass is 10.2. The van der Waals surface area contributed by atoms with E-state index in [0.717, 1.165) is 11.3 Å². The molecule has 6 heteroatoms. The lowest BCUT2D eigenvalue weighted by Gasteiger charge is -2.17. The van der Waals surface area contributed by atoms with Crippen LogP contribution in [0.4, 0.5) is 5.69 Å². The van der Waals surface area contributed by atoms with Crippen LogP contribution < -0.4 is 9.62 Å². The Morgan fingerprint density at radius 3 is 2.55 bits per heavy atom. The number of amides is 1. The van der Waals surface area contributed by atoms with Crippen molar-refractivity contribution < 1.29 is 13.2 Å². The molecular formula is C14H20N2O3S. The van der Waals surface area contributed by atoms with Crippen molar-refractivity contribution in [2.24, 2.45) is 0 Å². The quantitative estimate of drug-likeness (QED) is 0.894. The van der Waals surface area contributed by atoms with Gasteiger partial charge in [-0.25, -0.2) is 13.1 Å². The van der Waals surface area contributed by atoms with Crippen LogP contribution in [-0.2, 0) is 14.8 Å². The largest absolute Gasteiger partial charge is 0.311 e.